The molecule has 118 valence electrons. The molecule has 0 spiro atoms. The van der Waals surface area contributed by atoms with Gasteiger partial charge in [-0.25, -0.2) is 4.98 Å². The first-order chi connectivity index (χ1) is 11.2. The molecule has 0 aliphatic heterocycles. The Bertz CT molecular complexity index is 849. The summed E-state index contributed by atoms with van der Waals surface area (Å²) < 4.78 is 2.34. The fourth-order valence-corrected chi connectivity index (χ4v) is 3.59. The first kappa shape index (κ1) is 14.5. The Morgan fingerprint density at radius 1 is 1.26 bits per heavy atom. The summed E-state index contributed by atoms with van der Waals surface area (Å²) >= 11 is 6.04. The van der Waals surface area contributed by atoms with Crippen molar-refractivity contribution in [1.29, 1.82) is 0 Å². The van der Waals surface area contributed by atoms with Crippen molar-refractivity contribution in [2.45, 2.75) is 38.6 Å². The number of hydrogen-bond acceptors (Lipinski definition) is 3. The molecule has 0 saturated heterocycles. The van der Waals surface area contributed by atoms with E-state index in [1.807, 2.05) is 30.5 Å². The van der Waals surface area contributed by atoms with Crippen molar-refractivity contribution in [2.24, 2.45) is 0 Å². The fourth-order valence-electron chi connectivity index (χ4n) is 3.40. The Balaban J connectivity index is 1.72. The molecule has 23 heavy (non-hydrogen) atoms. The van der Waals surface area contributed by atoms with Crippen LogP contribution in [-0.4, -0.2) is 14.5 Å². The van der Waals surface area contributed by atoms with Gasteiger partial charge < -0.3 is 9.88 Å². The van der Waals surface area contributed by atoms with Gasteiger partial charge in [-0.3, -0.25) is 0 Å². The average molecular weight is 327 g/mol. The molecule has 1 aliphatic rings. The van der Waals surface area contributed by atoms with Gasteiger partial charge in [0.1, 0.15) is 5.65 Å². The lowest BCUT2D eigenvalue weighted by Crippen LogP contribution is -2.05. The largest absolute Gasteiger partial charge is 0.329 e. The second-order valence-corrected chi connectivity index (χ2v) is 6.66. The highest BCUT2D eigenvalue weighted by Crippen LogP contribution is 2.33. The molecule has 1 aliphatic carbocycles. The molecule has 0 atom stereocenters. The van der Waals surface area contributed by atoms with Crippen molar-refractivity contribution in [2.75, 3.05) is 5.32 Å². The molecule has 3 aromatic rings. The van der Waals surface area contributed by atoms with Gasteiger partial charge in [0.2, 0.25) is 5.95 Å². The highest BCUT2D eigenvalue weighted by Gasteiger charge is 2.20. The van der Waals surface area contributed by atoms with E-state index >= 15 is 0 Å². The zero-order chi connectivity index (χ0) is 15.8. The lowest BCUT2D eigenvalue weighted by atomic mass is 10.2. The van der Waals surface area contributed by atoms with E-state index in [-0.39, 0.29) is 0 Å². The van der Waals surface area contributed by atoms with Gasteiger partial charge in [0.25, 0.3) is 0 Å². The van der Waals surface area contributed by atoms with Crippen molar-refractivity contribution in [3.8, 4) is 0 Å². The van der Waals surface area contributed by atoms with Crippen LogP contribution in [0.15, 0.2) is 36.7 Å². The Morgan fingerprint density at radius 2 is 2.09 bits per heavy atom. The van der Waals surface area contributed by atoms with E-state index in [1.54, 1.807) is 0 Å². The number of fused-ring (bicyclic) bond motifs is 1. The Morgan fingerprint density at radius 3 is 2.87 bits per heavy atom. The van der Waals surface area contributed by atoms with Gasteiger partial charge in [0, 0.05) is 34.5 Å². The van der Waals surface area contributed by atoms with Crippen LogP contribution < -0.4 is 5.32 Å². The maximum Gasteiger partial charge on any atom is 0.229 e. The molecule has 2 aromatic heterocycles. The lowest BCUT2D eigenvalue weighted by Gasteiger charge is -2.13. The summed E-state index contributed by atoms with van der Waals surface area (Å²) in [5, 5.41) is 5.07. The number of benzene rings is 1. The van der Waals surface area contributed by atoms with Gasteiger partial charge in [0.05, 0.1) is 0 Å². The van der Waals surface area contributed by atoms with Crippen LogP contribution in [-0.2, 0) is 0 Å². The zero-order valence-electron chi connectivity index (χ0n) is 13.1. The number of anilines is 2. The maximum absolute atomic E-state index is 6.04. The van der Waals surface area contributed by atoms with E-state index in [4.69, 9.17) is 16.6 Å². The van der Waals surface area contributed by atoms with Crippen LogP contribution in [0.3, 0.4) is 0 Å². The zero-order valence-corrected chi connectivity index (χ0v) is 13.8. The highest BCUT2D eigenvalue weighted by atomic mass is 35.5. The smallest absolute Gasteiger partial charge is 0.229 e. The van der Waals surface area contributed by atoms with E-state index in [9.17, 15) is 0 Å². The van der Waals surface area contributed by atoms with Gasteiger partial charge in [-0.05, 0) is 43.5 Å². The summed E-state index contributed by atoms with van der Waals surface area (Å²) in [5.41, 5.74) is 3.16. The molecule has 2 heterocycles. The molecule has 5 heteroatoms. The van der Waals surface area contributed by atoms with Gasteiger partial charge >= 0.3 is 0 Å². The third kappa shape index (κ3) is 2.79. The number of aryl methyl sites for hydroxylation is 1. The molecule has 0 amide bonds. The molecule has 1 fully saturated rings. The summed E-state index contributed by atoms with van der Waals surface area (Å²) in [6, 6.07) is 8.16. The van der Waals surface area contributed by atoms with E-state index in [2.05, 4.69) is 28.0 Å². The number of hydrogen-bond donors (Lipinski definition) is 1. The van der Waals surface area contributed by atoms with Crippen LogP contribution in [0.5, 0.6) is 0 Å². The minimum absolute atomic E-state index is 0.570. The fraction of sp³-hybridized carbons (Fsp3) is 0.333. The number of nitrogens with zero attached hydrogens (tertiary/aromatic N) is 3. The maximum atomic E-state index is 6.04. The molecular formula is C18H19ClN4. The second-order valence-electron chi connectivity index (χ2n) is 6.22. The summed E-state index contributed by atoms with van der Waals surface area (Å²) in [6.45, 7) is 2.13. The molecule has 0 bridgehead atoms. The molecule has 4 rings (SSSR count). The van der Waals surface area contributed by atoms with Crippen molar-refractivity contribution in [3.05, 3.63) is 47.2 Å². The van der Waals surface area contributed by atoms with Gasteiger partial charge in [-0.1, -0.05) is 30.5 Å². The average Bonchev–Trinajstić information content (AvgIpc) is 3.16. The van der Waals surface area contributed by atoms with E-state index in [0.717, 1.165) is 16.7 Å². The Hall–Kier alpha value is -2.07. The first-order valence-electron chi connectivity index (χ1n) is 8.07. The number of halogens is 1. The molecular weight excluding hydrogens is 308 g/mol. The van der Waals surface area contributed by atoms with Crippen LogP contribution in [0.25, 0.3) is 11.0 Å². The van der Waals surface area contributed by atoms with Crippen molar-refractivity contribution in [3.63, 3.8) is 0 Å². The third-order valence-electron chi connectivity index (χ3n) is 4.57. The molecule has 0 radical (unpaired) electrons. The standard InChI is InChI=1S/C18H19ClN4/c1-12-11-23(15-7-2-3-8-15)17-16(12)10-20-18(22-17)21-14-6-4-5-13(19)9-14/h4-6,9-11,15H,2-3,7-8H2,1H3,(H,20,21,22). The molecule has 1 aromatic carbocycles. The van der Waals surface area contributed by atoms with Crippen molar-refractivity contribution < 1.29 is 0 Å². The molecule has 0 unspecified atom stereocenters. The topological polar surface area (TPSA) is 42.7 Å². The molecule has 1 N–H and O–H groups in total. The predicted octanol–water partition coefficient (Wildman–Crippen LogP) is 5.25. The number of rotatable bonds is 3. The SMILES string of the molecule is Cc1cn(C2CCCC2)c2nc(Nc3cccc(Cl)c3)ncc12. The number of nitrogens with one attached hydrogen (secondary N) is 1. The van der Waals surface area contributed by atoms with E-state index in [1.165, 1.54) is 31.2 Å². The highest BCUT2D eigenvalue weighted by molar-refractivity contribution is 6.30. The van der Waals surface area contributed by atoms with Crippen molar-refractivity contribution >= 4 is 34.3 Å². The minimum Gasteiger partial charge on any atom is -0.329 e. The second kappa shape index (κ2) is 5.85. The molecule has 4 nitrogen and oxygen atoms in total. The van der Waals surface area contributed by atoms with Gasteiger partial charge in [0.15, 0.2) is 0 Å². The summed E-state index contributed by atoms with van der Waals surface area (Å²) in [6.07, 6.45) is 9.23. The van der Waals surface area contributed by atoms with Crippen LogP contribution in [0.1, 0.15) is 37.3 Å². The Labute approximate surface area is 140 Å². The quantitative estimate of drug-likeness (QED) is 0.714. The summed E-state index contributed by atoms with van der Waals surface area (Å²) in [7, 11) is 0. The first-order valence-corrected chi connectivity index (χ1v) is 8.45. The monoisotopic (exact) mass is 326 g/mol. The Kier molecular flexibility index (Phi) is 3.69. The van der Waals surface area contributed by atoms with Crippen molar-refractivity contribution in [1.82, 2.24) is 14.5 Å². The van der Waals surface area contributed by atoms with Crippen LogP contribution in [0.4, 0.5) is 11.6 Å². The predicted molar refractivity (Wildman–Crippen MR) is 94.5 cm³/mol. The van der Waals surface area contributed by atoms with E-state index in [0.29, 0.717) is 17.0 Å². The summed E-state index contributed by atoms with van der Waals surface area (Å²) in [5.74, 6) is 0.608. The van der Waals surface area contributed by atoms with Crippen LogP contribution >= 0.6 is 11.6 Å². The third-order valence-corrected chi connectivity index (χ3v) is 4.80. The molecule has 1 saturated carbocycles. The normalized spacial score (nSPS) is 15.4. The van der Waals surface area contributed by atoms with Gasteiger partial charge in [-0.2, -0.15) is 4.98 Å². The minimum atomic E-state index is 0.570. The lowest BCUT2D eigenvalue weighted by molar-refractivity contribution is 0.532. The van der Waals surface area contributed by atoms with E-state index < -0.39 is 0 Å². The number of aromatic nitrogens is 3. The van der Waals surface area contributed by atoms with Crippen LogP contribution in [0, 0.1) is 6.92 Å². The summed E-state index contributed by atoms with van der Waals surface area (Å²) in [4.78, 5) is 9.22. The van der Waals surface area contributed by atoms with Gasteiger partial charge in [-0.15, -0.1) is 0 Å². The van der Waals surface area contributed by atoms with Crippen LogP contribution in [0.2, 0.25) is 5.02 Å².